The molecule has 1 amide bonds. The second-order valence-electron chi connectivity index (χ2n) is 6.25. The lowest BCUT2D eigenvalue weighted by atomic mass is 10.1. The molecule has 5 nitrogen and oxygen atoms in total. The maximum Gasteiger partial charge on any atom is 0.227 e. The fraction of sp³-hybridized carbons (Fsp3) is 0.263. The summed E-state index contributed by atoms with van der Waals surface area (Å²) in [6, 6.07) is 11.6. The van der Waals surface area contributed by atoms with Gasteiger partial charge in [-0.1, -0.05) is 0 Å². The molecule has 0 bridgehead atoms. The Kier molecular flexibility index (Phi) is 4.19. The predicted molar refractivity (Wildman–Crippen MR) is 93.7 cm³/mol. The lowest BCUT2D eigenvalue weighted by Gasteiger charge is -2.10. The number of amides is 1. The van der Waals surface area contributed by atoms with Crippen molar-refractivity contribution in [2.45, 2.75) is 25.3 Å². The molecular formula is C19H18FN3O2. The number of carbonyl (C=O) groups excluding carboxylic acids is 1. The van der Waals surface area contributed by atoms with Gasteiger partial charge < -0.3 is 15.1 Å². The molecule has 1 aliphatic rings. The minimum Gasteiger partial charge on any atom is -0.436 e. The second-order valence-corrected chi connectivity index (χ2v) is 6.25. The molecule has 1 aromatic heterocycles. The Morgan fingerprint density at radius 3 is 2.88 bits per heavy atom. The molecule has 128 valence electrons. The molecule has 2 heterocycles. The number of carbonyl (C=O) groups is 1. The Morgan fingerprint density at radius 1 is 1.28 bits per heavy atom. The fourth-order valence-electron chi connectivity index (χ4n) is 3.09. The molecular weight excluding hydrogens is 321 g/mol. The molecule has 0 radical (unpaired) electrons. The highest BCUT2D eigenvalue weighted by Crippen LogP contribution is 2.26. The summed E-state index contributed by atoms with van der Waals surface area (Å²) in [6.45, 7) is 0.980. The maximum atomic E-state index is 13.0. The van der Waals surface area contributed by atoms with Gasteiger partial charge >= 0.3 is 0 Å². The number of anilines is 1. The number of aromatic nitrogens is 1. The number of oxazole rings is 1. The third kappa shape index (κ3) is 3.53. The van der Waals surface area contributed by atoms with Crippen molar-refractivity contribution in [1.82, 2.24) is 10.3 Å². The molecule has 3 aromatic rings. The van der Waals surface area contributed by atoms with Crippen LogP contribution in [0.25, 0.3) is 22.6 Å². The van der Waals surface area contributed by atoms with E-state index in [9.17, 15) is 9.18 Å². The summed E-state index contributed by atoms with van der Waals surface area (Å²) in [7, 11) is 0. The maximum absolute atomic E-state index is 13.0. The van der Waals surface area contributed by atoms with E-state index in [1.165, 1.54) is 12.1 Å². The van der Waals surface area contributed by atoms with Crippen LogP contribution < -0.4 is 10.6 Å². The van der Waals surface area contributed by atoms with Gasteiger partial charge in [0.15, 0.2) is 5.58 Å². The zero-order valence-corrected chi connectivity index (χ0v) is 13.6. The standard InChI is InChI=1S/C19H18FN3O2/c20-13-5-3-12(4-6-13)19-23-16-8-7-15(10-17(16)25-19)22-18(24)11-14-2-1-9-21-14/h3-8,10,14,21H,1-2,9,11H2,(H,22,24). The number of benzene rings is 2. The van der Waals surface area contributed by atoms with E-state index in [-0.39, 0.29) is 17.8 Å². The van der Waals surface area contributed by atoms with E-state index in [2.05, 4.69) is 15.6 Å². The average Bonchev–Trinajstić information content (AvgIpc) is 3.24. The largest absolute Gasteiger partial charge is 0.436 e. The fourth-order valence-corrected chi connectivity index (χ4v) is 3.09. The molecule has 0 saturated carbocycles. The van der Waals surface area contributed by atoms with E-state index in [0.29, 0.717) is 34.7 Å². The molecule has 2 N–H and O–H groups in total. The summed E-state index contributed by atoms with van der Waals surface area (Å²) in [5, 5.41) is 6.21. The summed E-state index contributed by atoms with van der Waals surface area (Å²) in [5.41, 5.74) is 2.65. The van der Waals surface area contributed by atoms with Gasteiger partial charge in [0.25, 0.3) is 0 Å². The van der Waals surface area contributed by atoms with Crippen LogP contribution in [0.5, 0.6) is 0 Å². The predicted octanol–water partition coefficient (Wildman–Crippen LogP) is 3.71. The van der Waals surface area contributed by atoms with E-state index in [1.807, 2.05) is 0 Å². The van der Waals surface area contributed by atoms with Gasteiger partial charge in [0.2, 0.25) is 11.8 Å². The van der Waals surface area contributed by atoms with Crippen LogP contribution in [-0.2, 0) is 4.79 Å². The Bertz CT molecular complexity index is 899. The van der Waals surface area contributed by atoms with Gasteiger partial charge in [-0.3, -0.25) is 4.79 Å². The monoisotopic (exact) mass is 339 g/mol. The molecule has 0 aliphatic carbocycles. The third-order valence-electron chi connectivity index (χ3n) is 4.36. The molecule has 2 aromatic carbocycles. The van der Waals surface area contributed by atoms with Crippen LogP contribution >= 0.6 is 0 Å². The molecule has 1 saturated heterocycles. The highest BCUT2D eigenvalue weighted by atomic mass is 19.1. The van der Waals surface area contributed by atoms with Crippen LogP contribution in [0.2, 0.25) is 0 Å². The van der Waals surface area contributed by atoms with Crippen molar-refractivity contribution >= 4 is 22.7 Å². The smallest absolute Gasteiger partial charge is 0.227 e. The van der Waals surface area contributed by atoms with Gasteiger partial charge in [-0.15, -0.1) is 0 Å². The zero-order chi connectivity index (χ0) is 17.2. The molecule has 1 aliphatic heterocycles. The number of nitrogens with zero attached hydrogens (tertiary/aromatic N) is 1. The van der Waals surface area contributed by atoms with E-state index in [0.717, 1.165) is 19.4 Å². The van der Waals surface area contributed by atoms with Gasteiger partial charge in [-0.25, -0.2) is 9.37 Å². The molecule has 0 spiro atoms. The van der Waals surface area contributed by atoms with E-state index in [1.54, 1.807) is 30.3 Å². The number of rotatable bonds is 4. The first-order valence-electron chi connectivity index (χ1n) is 8.37. The van der Waals surface area contributed by atoms with Gasteiger partial charge in [-0.2, -0.15) is 0 Å². The summed E-state index contributed by atoms with van der Waals surface area (Å²) in [5.74, 6) is 0.104. The lowest BCUT2D eigenvalue weighted by Crippen LogP contribution is -2.27. The minimum absolute atomic E-state index is 0.0166. The summed E-state index contributed by atoms with van der Waals surface area (Å²) >= 11 is 0. The first-order chi connectivity index (χ1) is 12.2. The number of hydrogen-bond donors (Lipinski definition) is 2. The topological polar surface area (TPSA) is 67.2 Å². The number of nitrogens with one attached hydrogen (secondary N) is 2. The molecule has 1 unspecified atom stereocenters. The number of fused-ring (bicyclic) bond motifs is 1. The van der Waals surface area contributed by atoms with Crippen LogP contribution in [0.3, 0.4) is 0 Å². The Labute approximate surface area is 144 Å². The highest BCUT2D eigenvalue weighted by molar-refractivity contribution is 5.93. The van der Waals surface area contributed by atoms with Crippen molar-refractivity contribution in [2.75, 3.05) is 11.9 Å². The third-order valence-corrected chi connectivity index (χ3v) is 4.36. The molecule has 6 heteroatoms. The molecule has 1 fully saturated rings. The van der Waals surface area contributed by atoms with E-state index >= 15 is 0 Å². The van der Waals surface area contributed by atoms with Crippen molar-refractivity contribution in [3.63, 3.8) is 0 Å². The van der Waals surface area contributed by atoms with Gasteiger partial charge in [0.1, 0.15) is 11.3 Å². The molecule has 4 rings (SSSR count). The number of hydrogen-bond acceptors (Lipinski definition) is 4. The lowest BCUT2D eigenvalue weighted by molar-refractivity contribution is -0.116. The van der Waals surface area contributed by atoms with Crippen LogP contribution in [0.1, 0.15) is 19.3 Å². The number of halogens is 1. The average molecular weight is 339 g/mol. The van der Waals surface area contributed by atoms with Crippen molar-refractivity contribution in [3.8, 4) is 11.5 Å². The second kappa shape index (κ2) is 6.64. The Hall–Kier alpha value is -2.73. The van der Waals surface area contributed by atoms with E-state index in [4.69, 9.17) is 4.42 Å². The van der Waals surface area contributed by atoms with Crippen LogP contribution in [0, 0.1) is 5.82 Å². The van der Waals surface area contributed by atoms with Crippen molar-refractivity contribution in [1.29, 1.82) is 0 Å². The van der Waals surface area contributed by atoms with E-state index < -0.39 is 0 Å². The minimum atomic E-state index is -0.304. The molecule has 1 atom stereocenters. The summed E-state index contributed by atoms with van der Waals surface area (Å²) < 4.78 is 18.8. The Balaban J connectivity index is 1.51. The van der Waals surface area contributed by atoms with Gasteiger partial charge in [0, 0.05) is 29.8 Å². The van der Waals surface area contributed by atoms with Crippen LogP contribution in [0.4, 0.5) is 10.1 Å². The zero-order valence-electron chi connectivity index (χ0n) is 13.6. The highest BCUT2D eigenvalue weighted by Gasteiger charge is 2.18. The SMILES string of the molecule is O=C(CC1CCCN1)Nc1ccc2nc(-c3ccc(F)cc3)oc2c1. The van der Waals surface area contributed by atoms with Gasteiger partial charge in [-0.05, 0) is 55.8 Å². The van der Waals surface area contributed by atoms with Crippen molar-refractivity contribution in [3.05, 3.63) is 48.3 Å². The van der Waals surface area contributed by atoms with Gasteiger partial charge in [0.05, 0.1) is 0 Å². The van der Waals surface area contributed by atoms with Crippen LogP contribution in [-0.4, -0.2) is 23.5 Å². The van der Waals surface area contributed by atoms with Crippen molar-refractivity contribution in [2.24, 2.45) is 0 Å². The molecule has 25 heavy (non-hydrogen) atoms. The quantitative estimate of drug-likeness (QED) is 0.760. The van der Waals surface area contributed by atoms with Crippen LogP contribution in [0.15, 0.2) is 46.9 Å². The normalized spacial score (nSPS) is 17.1. The first kappa shape index (κ1) is 15.8. The first-order valence-corrected chi connectivity index (χ1v) is 8.37. The summed E-state index contributed by atoms with van der Waals surface area (Å²) in [6.07, 6.45) is 2.62. The van der Waals surface area contributed by atoms with Crippen molar-refractivity contribution < 1.29 is 13.6 Å². The summed E-state index contributed by atoms with van der Waals surface area (Å²) in [4.78, 5) is 16.5. The Morgan fingerprint density at radius 2 is 2.12 bits per heavy atom.